The first-order valence-electron chi connectivity index (χ1n) is 4.00. The topological polar surface area (TPSA) is 43.4 Å². The lowest BCUT2D eigenvalue weighted by atomic mass is 10.2. The summed E-state index contributed by atoms with van der Waals surface area (Å²) in [7, 11) is 0. The number of benzene rings is 1. The van der Waals surface area contributed by atoms with E-state index in [9.17, 15) is 9.59 Å². The molecule has 0 saturated carbocycles. The zero-order valence-electron chi connectivity index (χ0n) is 7.62. The van der Waals surface area contributed by atoms with Crippen molar-refractivity contribution in [3.05, 3.63) is 28.2 Å². The Labute approximate surface area is 90.2 Å². The van der Waals surface area contributed by atoms with Crippen LogP contribution in [-0.2, 0) is 4.79 Å². The quantitative estimate of drug-likeness (QED) is 0.777. The van der Waals surface area contributed by atoms with Gasteiger partial charge in [-0.15, -0.1) is 0 Å². The number of aldehydes is 1. The second-order valence-corrected chi connectivity index (χ2v) is 3.71. The van der Waals surface area contributed by atoms with E-state index in [1.54, 1.807) is 18.2 Å². The standard InChI is InChI=1S/C10H9BrO3/c1-7(13)6-14-10-3-2-9(11)4-8(10)5-12/h2-5H,6H2,1H3. The minimum atomic E-state index is -0.0789. The van der Waals surface area contributed by atoms with Crippen molar-refractivity contribution in [1.29, 1.82) is 0 Å². The van der Waals surface area contributed by atoms with Crippen molar-refractivity contribution in [3.8, 4) is 5.75 Å². The molecule has 0 aliphatic rings. The van der Waals surface area contributed by atoms with Gasteiger partial charge in [0, 0.05) is 4.47 Å². The van der Waals surface area contributed by atoms with E-state index in [2.05, 4.69) is 15.9 Å². The molecule has 0 amide bonds. The van der Waals surface area contributed by atoms with Crippen LogP contribution in [0.1, 0.15) is 17.3 Å². The molecule has 0 unspecified atom stereocenters. The Morgan fingerprint density at radius 1 is 1.57 bits per heavy atom. The maximum atomic E-state index is 10.7. The Morgan fingerprint density at radius 3 is 2.86 bits per heavy atom. The highest BCUT2D eigenvalue weighted by molar-refractivity contribution is 9.10. The van der Waals surface area contributed by atoms with Crippen LogP contribution in [0.25, 0.3) is 0 Å². The number of ketones is 1. The highest BCUT2D eigenvalue weighted by Gasteiger charge is 2.04. The van der Waals surface area contributed by atoms with Gasteiger partial charge in [0.25, 0.3) is 0 Å². The van der Waals surface area contributed by atoms with Crippen LogP contribution in [0.4, 0.5) is 0 Å². The maximum Gasteiger partial charge on any atom is 0.167 e. The van der Waals surface area contributed by atoms with Crippen LogP contribution in [0.5, 0.6) is 5.75 Å². The van der Waals surface area contributed by atoms with Crippen molar-refractivity contribution in [2.45, 2.75) is 6.92 Å². The second-order valence-electron chi connectivity index (χ2n) is 2.79. The van der Waals surface area contributed by atoms with Gasteiger partial charge in [0.1, 0.15) is 12.4 Å². The van der Waals surface area contributed by atoms with Gasteiger partial charge < -0.3 is 4.74 Å². The normalized spacial score (nSPS) is 9.57. The number of halogens is 1. The Kier molecular flexibility index (Phi) is 3.83. The van der Waals surface area contributed by atoms with Gasteiger partial charge in [-0.05, 0) is 25.1 Å². The second kappa shape index (κ2) is 4.91. The third kappa shape index (κ3) is 2.96. The molecule has 0 N–H and O–H groups in total. The van der Waals surface area contributed by atoms with Crippen molar-refractivity contribution >= 4 is 28.0 Å². The molecular formula is C10H9BrO3. The van der Waals surface area contributed by atoms with Crippen molar-refractivity contribution < 1.29 is 14.3 Å². The monoisotopic (exact) mass is 256 g/mol. The minimum Gasteiger partial charge on any atom is -0.485 e. The van der Waals surface area contributed by atoms with E-state index in [-0.39, 0.29) is 12.4 Å². The average molecular weight is 257 g/mol. The summed E-state index contributed by atoms with van der Waals surface area (Å²) < 4.78 is 5.94. The summed E-state index contributed by atoms with van der Waals surface area (Å²) in [6, 6.07) is 5.04. The summed E-state index contributed by atoms with van der Waals surface area (Å²) in [5.41, 5.74) is 0.431. The molecule has 74 valence electrons. The number of rotatable bonds is 4. The molecule has 0 aliphatic heterocycles. The van der Waals surface area contributed by atoms with Gasteiger partial charge in [-0.2, -0.15) is 0 Å². The molecule has 3 nitrogen and oxygen atoms in total. The van der Waals surface area contributed by atoms with E-state index < -0.39 is 0 Å². The Hall–Kier alpha value is -1.16. The van der Waals surface area contributed by atoms with Gasteiger partial charge in [-0.25, -0.2) is 0 Å². The van der Waals surface area contributed by atoms with Crippen LogP contribution < -0.4 is 4.74 Å². The Morgan fingerprint density at radius 2 is 2.29 bits per heavy atom. The fourth-order valence-electron chi connectivity index (χ4n) is 0.922. The first-order valence-corrected chi connectivity index (χ1v) is 4.79. The van der Waals surface area contributed by atoms with Crippen molar-refractivity contribution in [2.75, 3.05) is 6.61 Å². The lowest BCUT2D eigenvalue weighted by Crippen LogP contribution is -2.07. The van der Waals surface area contributed by atoms with Crippen LogP contribution in [0.15, 0.2) is 22.7 Å². The smallest absolute Gasteiger partial charge is 0.167 e. The minimum absolute atomic E-state index is 0.0114. The molecule has 14 heavy (non-hydrogen) atoms. The van der Waals surface area contributed by atoms with Crippen LogP contribution in [0, 0.1) is 0 Å². The number of hydrogen-bond donors (Lipinski definition) is 0. The molecular weight excluding hydrogens is 248 g/mol. The summed E-state index contributed by atoms with van der Waals surface area (Å²) in [5, 5.41) is 0. The molecule has 0 atom stereocenters. The summed E-state index contributed by atoms with van der Waals surface area (Å²) in [6.45, 7) is 1.42. The number of carbonyl (C=O) groups is 2. The largest absolute Gasteiger partial charge is 0.485 e. The molecule has 4 heteroatoms. The van der Waals surface area contributed by atoms with Gasteiger partial charge in [0.05, 0.1) is 5.56 Å². The Balaban J connectivity index is 2.85. The van der Waals surface area contributed by atoms with Gasteiger partial charge in [-0.1, -0.05) is 15.9 Å². The van der Waals surface area contributed by atoms with E-state index in [0.29, 0.717) is 17.6 Å². The molecule has 0 fully saturated rings. The van der Waals surface area contributed by atoms with E-state index in [1.165, 1.54) is 6.92 Å². The van der Waals surface area contributed by atoms with Crippen molar-refractivity contribution in [2.24, 2.45) is 0 Å². The number of Topliss-reactive ketones (excluding diaryl/α,β-unsaturated/α-hetero) is 1. The maximum absolute atomic E-state index is 10.7. The lowest BCUT2D eigenvalue weighted by Gasteiger charge is -2.06. The van der Waals surface area contributed by atoms with Crippen LogP contribution >= 0.6 is 15.9 Å². The molecule has 0 aliphatic carbocycles. The molecule has 0 bridgehead atoms. The Bertz CT molecular complexity index is 360. The van der Waals surface area contributed by atoms with Crippen LogP contribution in [0.3, 0.4) is 0 Å². The van der Waals surface area contributed by atoms with Crippen LogP contribution in [-0.4, -0.2) is 18.7 Å². The predicted molar refractivity (Wildman–Crippen MR) is 55.7 cm³/mol. The fraction of sp³-hybridized carbons (Fsp3) is 0.200. The average Bonchev–Trinajstić information content (AvgIpc) is 2.15. The first-order chi connectivity index (χ1) is 6.63. The van der Waals surface area contributed by atoms with Gasteiger partial charge in [0.2, 0.25) is 0 Å². The van der Waals surface area contributed by atoms with Gasteiger partial charge in [0.15, 0.2) is 12.1 Å². The van der Waals surface area contributed by atoms with E-state index in [0.717, 1.165) is 4.47 Å². The molecule has 0 heterocycles. The van der Waals surface area contributed by atoms with E-state index in [1.807, 2.05) is 0 Å². The van der Waals surface area contributed by atoms with Gasteiger partial charge in [-0.3, -0.25) is 9.59 Å². The number of hydrogen-bond acceptors (Lipinski definition) is 3. The van der Waals surface area contributed by atoms with E-state index in [4.69, 9.17) is 4.74 Å². The highest BCUT2D eigenvalue weighted by atomic mass is 79.9. The summed E-state index contributed by atoms with van der Waals surface area (Å²) in [5.74, 6) is 0.350. The van der Waals surface area contributed by atoms with Crippen molar-refractivity contribution in [1.82, 2.24) is 0 Å². The molecule has 1 aromatic rings. The lowest BCUT2D eigenvalue weighted by molar-refractivity contribution is -0.118. The SMILES string of the molecule is CC(=O)COc1ccc(Br)cc1C=O. The summed E-state index contributed by atoms with van der Waals surface area (Å²) in [4.78, 5) is 21.3. The summed E-state index contributed by atoms with van der Waals surface area (Å²) in [6.07, 6.45) is 0.695. The molecule has 0 radical (unpaired) electrons. The molecule has 0 saturated heterocycles. The number of carbonyl (C=O) groups excluding carboxylic acids is 2. The highest BCUT2D eigenvalue weighted by Crippen LogP contribution is 2.21. The van der Waals surface area contributed by atoms with Crippen LogP contribution in [0.2, 0.25) is 0 Å². The zero-order chi connectivity index (χ0) is 10.6. The molecule has 0 spiro atoms. The fourth-order valence-corrected chi connectivity index (χ4v) is 1.30. The summed E-state index contributed by atoms with van der Waals surface area (Å²) >= 11 is 3.24. The van der Waals surface area contributed by atoms with Crippen molar-refractivity contribution in [3.63, 3.8) is 0 Å². The predicted octanol–water partition coefficient (Wildman–Crippen LogP) is 2.23. The molecule has 1 rings (SSSR count). The molecule has 1 aromatic carbocycles. The zero-order valence-corrected chi connectivity index (χ0v) is 9.21. The van der Waals surface area contributed by atoms with Gasteiger partial charge >= 0.3 is 0 Å². The third-order valence-electron chi connectivity index (χ3n) is 1.53. The van der Waals surface area contributed by atoms with E-state index >= 15 is 0 Å². The molecule has 0 aromatic heterocycles. The third-order valence-corrected chi connectivity index (χ3v) is 2.02. The first kappa shape index (κ1) is 10.9. The number of ether oxygens (including phenoxy) is 1.